The highest BCUT2D eigenvalue weighted by Crippen LogP contribution is 2.33. The maximum absolute atomic E-state index is 6.05. The molecular formula is C13H14BrClN4O2. The van der Waals surface area contributed by atoms with Crippen molar-refractivity contribution in [1.29, 1.82) is 0 Å². The van der Waals surface area contributed by atoms with Crippen molar-refractivity contribution in [2.24, 2.45) is 5.84 Å². The molecule has 0 aliphatic carbocycles. The second kappa shape index (κ2) is 7.04. The molecule has 0 aliphatic rings. The number of halogens is 2. The summed E-state index contributed by atoms with van der Waals surface area (Å²) in [6.07, 6.45) is 1.50. The summed E-state index contributed by atoms with van der Waals surface area (Å²) in [6.45, 7) is 0. The summed E-state index contributed by atoms with van der Waals surface area (Å²) in [5, 5.41) is 0.592. The van der Waals surface area contributed by atoms with Crippen LogP contribution in [0.4, 0.5) is 0 Å². The van der Waals surface area contributed by atoms with Crippen LogP contribution in [0.15, 0.2) is 28.9 Å². The van der Waals surface area contributed by atoms with Gasteiger partial charge in [-0.05, 0) is 23.8 Å². The first-order valence-corrected chi connectivity index (χ1v) is 7.13. The Kier molecular flexibility index (Phi) is 5.35. The topological polar surface area (TPSA) is 82.3 Å². The van der Waals surface area contributed by atoms with Gasteiger partial charge in [0.05, 0.1) is 26.5 Å². The molecule has 8 heteroatoms. The van der Waals surface area contributed by atoms with E-state index < -0.39 is 6.04 Å². The van der Waals surface area contributed by atoms with Gasteiger partial charge in [-0.3, -0.25) is 5.84 Å². The minimum Gasteiger partial charge on any atom is -0.480 e. The van der Waals surface area contributed by atoms with E-state index in [4.69, 9.17) is 26.9 Å². The van der Waals surface area contributed by atoms with E-state index in [2.05, 4.69) is 31.3 Å². The van der Waals surface area contributed by atoms with Gasteiger partial charge in [-0.15, -0.1) is 0 Å². The van der Waals surface area contributed by atoms with Crippen LogP contribution in [0.2, 0.25) is 5.02 Å². The zero-order valence-electron chi connectivity index (χ0n) is 11.4. The molecule has 1 atom stereocenters. The van der Waals surface area contributed by atoms with Crippen molar-refractivity contribution in [3.8, 4) is 11.8 Å². The number of methoxy groups -OCH3 is 2. The highest BCUT2D eigenvalue weighted by atomic mass is 79.9. The predicted octanol–water partition coefficient (Wildman–Crippen LogP) is 2.46. The molecule has 1 aromatic carbocycles. The summed E-state index contributed by atoms with van der Waals surface area (Å²) < 4.78 is 11.1. The van der Waals surface area contributed by atoms with Crippen LogP contribution >= 0.6 is 27.5 Å². The van der Waals surface area contributed by atoms with Crippen molar-refractivity contribution in [2.45, 2.75) is 6.04 Å². The monoisotopic (exact) mass is 372 g/mol. The number of hydrogen-bond acceptors (Lipinski definition) is 6. The largest absolute Gasteiger partial charge is 0.480 e. The molecule has 1 heterocycles. The molecule has 21 heavy (non-hydrogen) atoms. The van der Waals surface area contributed by atoms with Gasteiger partial charge in [0, 0.05) is 9.50 Å². The lowest BCUT2D eigenvalue weighted by atomic mass is 10.0. The lowest BCUT2D eigenvalue weighted by molar-refractivity contribution is 0.352. The number of benzene rings is 1. The number of hydrazine groups is 1. The summed E-state index contributed by atoms with van der Waals surface area (Å²) in [7, 11) is 3.02. The molecule has 2 aromatic rings. The summed E-state index contributed by atoms with van der Waals surface area (Å²) in [5.41, 5.74) is 4.06. The Morgan fingerprint density at radius 1 is 1.33 bits per heavy atom. The van der Waals surface area contributed by atoms with Crippen LogP contribution in [0.25, 0.3) is 0 Å². The molecule has 0 aliphatic heterocycles. The Bertz CT molecular complexity index is 642. The standard InChI is InChI=1S/C13H14BrClN4O2/c1-20-10-6-17-12(13(18-10)21-2)11(19-16)8-5-7(15)3-4-9(8)14/h3-6,11,19H,16H2,1-2H3. The van der Waals surface area contributed by atoms with Crippen molar-refractivity contribution < 1.29 is 9.47 Å². The first-order valence-electron chi connectivity index (χ1n) is 5.96. The Labute approximate surface area is 135 Å². The third-order valence-electron chi connectivity index (χ3n) is 2.86. The minimum atomic E-state index is -0.438. The second-order valence-electron chi connectivity index (χ2n) is 4.07. The quantitative estimate of drug-likeness (QED) is 0.619. The average molecular weight is 374 g/mol. The first kappa shape index (κ1) is 16.0. The molecule has 1 aromatic heterocycles. The summed E-state index contributed by atoms with van der Waals surface area (Å²) in [5.74, 6) is 6.36. The summed E-state index contributed by atoms with van der Waals surface area (Å²) in [6, 6.07) is 4.97. The molecule has 0 spiro atoms. The highest BCUT2D eigenvalue weighted by Gasteiger charge is 2.23. The predicted molar refractivity (Wildman–Crippen MR) is 83.5 cm³/mol. The lowest BCUT2D eigenvalue weighted by Crippen LogP contribution is -2.30. The number of rotatable bonds is 5. The zero-order chi connectivity index (χ0) is 15.4. The van der Waals surface area contributed by atoms with Gasteiger partial charge in [-0.25, -0.2) is 10.4 Å². The van der Waals surface area contributed by atoms with Gasteiger partial charge in [0.2, 0.25) is 11.8 Å². The van der Waals surface area contributed by atoms with E-state index in [0.717, 1.165) is 10.0 Å². The Balaban J connectivity index is 2.53. The molecular weight excluding hydrogens is 360 g/mol. The summed E-state index contributed by atoms with van der Waals surface area (Å²) >= 11 is 9.53. The van der Waals surface area contributed by atoms with Crippen LogP contribution < -0.4 is 20.7 Å². The van der Waals surface area contributed by atoms with Crippen molar-refractivity contribution in [2.75, 3.05) is 14.2 Å². The van der Waals surface area contributed by atoms with Crippen LogP contribution in [0, 0.1) is 0 Å². The Morgan fingerprint density at radius 2 is 2.10 bits per heavy atom. The fourth-order valence-corrected chi connectivity index (χ4v) is 2.52. The van der Waals surface area contributed by atoms with Crippen molar-refractivity contribution in [1.82, 2.24) is 15.4 Å². The van der Waals surface area contributed by atoms with Crippen LogP contribution in [0.5, 0.6) is 11.8 Å². The van der Waals surface area contributed by atoms with Gasteiger partial charge in [-0.2, -0.15) is 4.98 Å². The fraction of sp³-hybridized carbons (Fsp3) is 0.231. The van der Waals surface area contributed by atoms with E-state index in [1.807, 2.05) is 6.07 Å². The lowest BCUT2D eigenvalue weighted by Gasteiger charge is -2.19. The smallest absolute Gasteiger partial charge is 0.240 e. The van der Waals surface area contributed by atoms with Gasteiger partial charge in [-0.1, -0.05) is 27.5 Å². The van der Waals surface area contributed by atoms with Gasteiger partial charge in [0.15, 0.2) is 0 Å². The normalized spacial score (nSPS) is 12.0. The molecule has 112 valence electrons. The Hall–Kier alpha value is -1.41. The third-order valence-corrected chi connectivity index (χ3v) is 3.81. The van der Waals surface area contributed by atoms with E-state index >= 15 is 0 Å². The molecule has 0 bridgehead atoms. The maximum atomic E-state index is 6.05. The molecule has 6 nitrogen and oxygen atoms in total. The molecule has 3 N–H and O–H groups in total. The third kappa shape index (κ3) is 3.44. The number of nitrogens with two attached hydrogens (primary N) is 1. The van der Waals surface area contributed by atoms with Gasteiger partial charge in [0.1, 0.15) is 5.69 Å². The molecule has 0 saturated carbocycles. The minimum absolute atomic E-state index is 0.323. The van der Waals surface area contributed by atoms with Crippen molar-refractivity contribution >= 4 is 27.5 Å². The molecule has 0 radical (unpaired) electrons. The molecule has 1 unspecified atom stereocenters. The van der Waals surface area contributed by atoms with Crippen molar-refractivity contribution in [3.05, 3.63) is 45.1 Å². The number of ether oxygens (including phenoxy) is 2. The number of nitrogens with one attached hydrogen (secondary N) is 1. The summed E-state index contributed by atoms with van der Waals surface area (Å²) in [4.78, 5) is 8.53. The van der Waals surface area contributed by atoms with Gasteiger partial charge < -0.3 is 9.47 Å². The van der Waals surface area contributed by atoms with Crippen LogP contribution in [-0.2, 0) is 0 Å². The van der Waals surface area contributed by atoms with Crippen LogP contribution in [0.3, 0.4) is 0 Å². The molecule has 0 saturated heterocycles. The Morgan fingerprint density at radius 3 is 2.71 bits per heavy atom. The number of aromatic nitrogens is 2. The molecule has 0 fully saturated rings. The van der Waals surface area contributed by atoms with Crippen LogP contribution in [-0.4, -0.2) is 24.2 Å². The second-order valence-corrected chi connectivity index (χ2v) is 5.36. The average Bonchev–Trinajstić information content (AvgIpc) is 2.51. The SMILES string of the molecule is COc1cnc(C(NN)c2cc(Cl)ccc2Br)c(OC)n1. The van der Waals surface area contributed by atoms with Gasteiger partial charge in [0.25, 0.3) is 0 Å². The number of nitrogens with zero attached hydrogens (tertiary/aromatic N) is 2. The van der Waals surface area contributed by atoms with Crippen LogP contribution in [0.1, 0.15) is 17.3 Å². The van der Waals surface area contributed by atoms with E-state index in [0.29, 0.717) is 22.5 Å². The highest BCUT2D eigenvalue weighted by molar-refractivity contribution is 9.10. The molecule has 2 rings (SSSR count). The zero-order valence-corrected chi connectivity index (χ0v) is 13.8. The first-order chi connectivity index (χ1) is 10.1. The molecule has 0 amide bonds. The van der Waals surface area contributed by atoms with E-state index in [-0.39, 0.29) is 0 Å². The van der Waals surface area contributed by atoms with Crippen molar-refractivity contribution in [3.63, 3.8) is 0 Å². The maximum Gasteiger partial charge on any atom is 0.240 e. The van der Waals surface area contributed by atoms with Gasteiger partial charge >= 0.3 is 0 Å². The van der Waals surface area contributed by atoms with E-state index in [9.17, 15) is 0 Å². The van der Waals surface area contributed by atoms with E-state index in [1.54, 1.807) is 12.1 Å². The fourth-order valence-electron chi connectivity index (χ4n) is 1.86. The van der Waals surface area contributed by atoms with E-state index in [1.165, 1.54) is 20.4 Å². The number of hydrogen-bond donors (Lipinski definition) is 2.